The Morgan fingerprint density at radius 1 is 0.976 bits per heavy atom. The molecule has 1 atom stereocenters. The first-order chi connectivity index (χ1) is 20.3. The topological polar surface area (TPSA) is 107 Å². The van der Waals surface area contributed by atoms with E-state index < -0.39 is 9.84 Å². The zero-order valence-corrected chi connectivity index (χ0v) is 24.3. The van der Waals surface area contributed by atoms with Crippen LogP contribution in [0.4, 0.5) is 5.82 Å². The number of benzene rings is 2. The van der Waals surface area contributed by atoms with Crippen LogP contribution in [0.3, 0.4) is 0 Å². The number of hydrogen-bond donors (Lipinski definition) is 1. The molecule has 212 valence electrons. The van der Waals surface area contributed by atoms with E-state index in [4.69, 9.17) is 5.10 Å². The van der Waals surface area contributed by atoms with Gasteiger partial charge in [0.2, 0.25) is 0 Å². The minimum atomic E-state index is -3.14. The van der Waals surface area contributed by atoms with Gasteiger partial charge in [0.15, 0.2) is 9.84 Å². The van der Waals surface area contributed by atoms with Crippen molar-refractivity contribution in [1.82, 2.24) is 19.7 Å². The van der Waals surface area contributed by atoms with E-state index in [1.165, 1.54) is 0 Å². The van der Waals surface area contributed by atoms with Crippen molar-refractivity contribution in [2.75, 3.05) is 16.8 Å². The molecule has 1 amide bonds. The zero-order valence-electron chi connectivity index (χ0n) is 23.5. The second kappa shape index (κ2) is 11.3. The van der Waals surface area contributed by atoms with Gasteiger partial charge >= 0.3 is 0 Å². The summed E-state index contributed by atoms with van der Waals surface area (Å²) in [5.41, 5.74) is 7.45. The summed E-state index contributed by atoms with van der Waals surface area (Å²) < 4.78 is 26.9. The normalized spacial score (nSPS) is 15.9. The number of nitrogens with zero attached hydrogens (tertiary/aromatic N) is 4. The lowest BCUT2D eigenvalue weighted by Crippen LogP contribution is -2.14. The lowest BCUT2D eigenvalue weighted by Gasteiger charge is -2.15. The highest BCUT2D eigenvalue weighted by atomic mass is 32.2. The lowest BCUT2D eigenvalue weighted by atomic mass is 9.96. The maximum Gasteiger partial charge on any atom is 0.256 e. The van der Waals surface area contributed by atoms with Gasteiger partial charge in [-0.25, -0.2) is 13.4 Å². The van der Waals surface area contributed by atoms with E-state index in [0.717, 1.165) is 33.6 Å². The molecular weight excluding hydrogens is 546 g/mol. The van der Waals surface area contributed by atoms with Gasteiger partial charge in [0.25, 0.3) is 5.91 Å². The number of sulfone groups is 1. The number of aryl methyl sites for hydroxylation is 2. The minimum Gasteiger partial charge on any atom is -0.307 e. The smallest absolute Gasteiger partial charge is 0.256 e. The van der Waals surface area contributed by atoms with E-state index in [-0.39, 0.29) is 23.5 Å². The summed E-state index contributed by atoms with van der Waals surface area (Å²) in [6, 6.07) is 26.7. The molecule has 0 bridgehead atoms. The first-order valence-corrected chi connectivity index (χ1v) is 15.7. The number of nitrogens with one attached hydrogen (secondary N) is 1. The van der Waals surface area contributed by atoms with E-state index in [1.807, 2.05) is 97.4 Å². The largest absolute Gasteiger partial charge is 0.307 e. The van der Waals surface area contributed by atoms with Crippen LogP contribution in [0.25, 0.3) is 22.6 Å². The Kier molecular flexibility index (Phi) is 7.43. The SMILES string of the molecule is Cc1cc(C)nc(NC(=O)c2cccc(Cc3c(-c4ccccn4)nn(C4CCS(=O)(=O)C4)c3-c3ccccc3)c2)c1. The molecule has 0 saturated carbocycles. The molecule has 0 spiro atoms. The van der Waals surface area contributed by atoms with Crippen LogP contribution in [0.15, 0.2) is 91.1 Å². The van der Waals surface area contributed by atoms with Gasteiger partial charge in [0.1, 0.15) is 11.5 Å². The quantitative estimate of drug-likeness (QED) is 0.261. The average Bonchev–Trinajstić information content (AvgIpc) is 3.53. The molecule has 9 heteroatoms. The van der Waals surface area contributed by atoms with Gasteiger partial charge in [-0.05, 0) is 67.8 Å². The van der Waals surface area contributed by atoms with Crippen LogP contribution in [0.5, 0.6) is 0 Å². The summed E-state index contributed by atoms with van der Waals surface area (Å²) in [5.74, 6) is 0.471. The monoisotopic (exact) mass is 577 g/mol. The maximum atomic E-state index is 13.2. The highest BCUT2D eigenvalue weighted by molar-refractivity contribution is 7.91. The third kappa shape index (κ3) is 5.87. The van der Waals surface area contributed by atoms with Crippen molar-refractivity contribution in [3.8, 4) is 22.6 Å². The van der Waals surface area contributed by atoms with E-state index in [0.29, 0.717) is 35.6 Å². The molecule has 1 saturated heterocycles. The molecule has 1 aliphatic rings. The summed E-state index contributed by atoms with van der Waals surface area (Å²) >= 11 is 0. The van der Waals surface area contributed by atoms with Gasteiger partial charge in [-0.3, -0.25) is 14.5 Å². The highest BCUT2D eigenvalue weighted by Gasteiger charge is 2.33. The fourth-order valence-electron chi connectivity index (χ4n) is 5.60. The Balaban J connectivity index is 1.43. The standard InChI is InChI=1S/C33H31N5O3S/c1-22-17-23(2)35-30(18-22)36-33(39)26-12-8-9-24(19-26)20-28-31(29-13-6-7-15-34-29)37-38(27-14-16-42(40,41)21-27)32(28)25-10-4-3-5-11-25/h3-13,15,17-19,27H,14,16,20-21H2,1-2H3,(H,35,36,39). The lowest BCUT2D eigenvalue weighted by molar-refractivity contribution is 0.102. The fourth-order valence-corrected chi connectivity index (χ4v) is 7.29. The van der Waals surface area contributed by atoms with Gasteiger partial charge < -0.3 is 5.32 Å². The number of carbonyl (C=O) groups excluding carboxylic acids is 1. The molecule has 8 nitrogen and oxygen atoms in total. The average molecular weight is 578 g/mol. The summed E-state index contributed by atoms with van der Waals surface area (Å²) in [6.45, 7) is 3.86. The molecule has 6 rings (SSSR count). The van der Waals surface area contributed by atoms with Gasteiger partial charge in [-0.15, -0.1) is 0 Å². The number of rotatable bonds is 7. The summed E-state index contributed by atoms with van der Waals surface area (Å²) in [6.07, 6.45) is 2.71. The molecule has 3 aromatic heterocycles. The number of anilines is 1. The number of pyridine rings is 2. The van der Waals surface area contributed by atoms with Gasteiger partial charge in [0.05, 0.1) is 28.9 Å². The van der Waals surface area contributed by atoms with Crippen LogP contribution in [0.1, 0.15) is 45.2 Å². The molecule has 42 heavy (non-hydrogen) atoms. The molecule has 0 aliphatic carbocycles. The van der Waals surface area contributed by atoms with Crippen LogP contribution in [-0.4, -0.2) is 45.6 Å². The van der Waals surface area contributed by atoms with Crippen molar-refractivity contribution in [3.63, 3.8) is 0 Å². The van der Waals surface area contributed by atoms with Crippen molar-refractivity contribution in [3.05, 3.63) is 119 Å². The van der Waals surface area contributed by atoms with Crippen molar-refractivity contribution >= 4 is 21.6 Å². The number of amides is 1. The molecule has 4 heterocycles. The zero-order chi connectivity index (χ0) is 29.3. The van der Waals surface area contributed by atoms with Gasteiger partial charge in [-0.1, -0.05) is 48.5 Å². The molecule has 1 aliphatic heterocycles. The van der Waals surface area contributed by atoms with Crippen molar-refractivity contribution in [2.24, 2.45) is 0 Å². The summed E-state index contributed by atoms with van der Waals surface area (Å²) in [4.78, 5) is 22.3. The molecule has 1 fully saturated rings. The Morgan fingerprint density at radius 3 is 2.50 bits per heavy atom. The minimum absolute atomic E-state index is 0.0533. The van der Waals surface area contributed by atoms with Gasteiger partial charge in [0, 0.05) is 35.0 Å². The molecule has 0 radical (unpaired) electrons. The number of carbonyl (C=O) groups is 1. The van der Waals surface area contributed by atoms with Crippen molar-refractivity contribution in [1.29, 1.82) is 0 Å². The second-order valence-corrected chi connectivity index (χ2v) is 13.0. The van der Waals surface area contributed by atoms with Gasteiger partial charge in [-0.2, -0.15) is 5.10 Å². The van der Waals surface area contributed by atoms with Crippen LogP contribution in [0, 0.1) is 13.8 Å². The predicted octanol–water partition coefficient (Wildman–Crippen LogP) is 5.83. The van der Waals surface area contributed by atoms with E-state index in [2.05, 4.69) is 15.3 Å². The highest BCUT2D eigenvalue weighted by Crippen LogP contribution is 2.37. The Morgan fingerprint density at radius 2 is 1.79 bits per heavy atom. The Labute approximate surface area is 245 Å². The van der Waals surface area contributed by atoms with E-state index >= 15 is 0 Å². The van der Waals surface area contributed by atoms with E-state index in [9.17, 15) is 13.2 Å². The van der Waals surface area contributed by atoms with Crippen LogP contribution < -0.4 is 5.32 Å². The predicted molar refractivity (Wildman–Crippen MR) is 164 cm³/mol. The van der Waals surface area contributed by atoms with Crippen molar-refractivity contribution in [2.45, 2.75) is 32.7 Å². The van der Waals surface area contributed by atoms with Crippen LogP contribution >= 0.6 is 0 Å². The summed E-state index contributed by atoms with van der Waals surface area (Å²) in [5, 5.41) is 7.95. The maximum absolute atomic E-state index is 13.2. The number of hydrogen-bond acceptors (Lipinski definition) is 6. The molecule has 1 unspecified atom stereocenters. The number of aromatic nitrogens is 4. The molecular formula is C33H31N5O3S. The second-order valence-electron chi connectivity index (χ2n) is 10.8. The Hall–Kier alpha value is -4.63. The first kappa shape index (κ1) is 27.5. The van der Waals surface area contributed by atoms with Crippen molar-refractivity contribution < 1.29 is 13.2 Å². The van der Waals surface area contributed by atoms with Crippen LogP contribution in [-0.2, 0) is 16.3 Å². The third-order valence-corrected chi connectivity index (χ3v) is 9.18. The Bertz CT molecular complexity index is 1850. The molecule has 1 N–H and O–H groups in total. The third-order valence-electron chi connectivity index (χ3n) is 7.43. The fraction of sp³-hybridized carbons (Fsp3) is 0.212. The van der Waals surface area contributed by atoms with Crippen LogP contribution in [0.2, 0.25) is 0 Å². The van der Waals surface area contributed by atoms with E-state index in [1.54, 1.807) is 12.3 Å². The first-order valence-electron chi connectivity index (χ1n) is 13.9. The summed E-state index contributed by atoms with van der Waals surface area (Å²) in [7, 11) is -3.14. The molecule has 5 aromatic rings. The molecule has 2 aromatic carbocycles.